The van der Waals surface area contributed by atoms with Crippen molar-refractivity contribution in [2.24, 2.45) is 0 Å². The lowest BCUT2D eigenvalue weighted by Crippen LogP contribution is -2.27. The minimum absolute atomic E-state index is 0.0391. The molecule has 0 saturated heterocycles. The molecule has 7 heteroatoms. The lowest BCUT2D eigenvalue weighted by Gasteiger charge is -2.15. The zero-order valence-electron chi connectivity index (χ0n) is 12.0. The molecular formula is C16H14ClNO4S. The highest BCUT2D eigenvalue weighted by Gasteiger charge is 2.29. The molecule has 0 saturated carbocycles. The summed E-state index contributed by atoms with van der Waals surface area (Å²) in [5.74, 6) is -0.993. The van der Waals surface area contributed by atoms with Gasteiger partial charge < -0.3 is 5.11 Å². The molecule has 1 aliphatic carbocycles. The highest BCUT2D eigenvalue weighted by molar-refractivity contribution is 7.89. The summed E-state index contributed by atoms with van der Waals surface area (Å²) in [7, 11) is -3.74. The molecule has 0 amide bonds. The van der Waals surface area contributed by atoms with Crippen molar-refractivity contribution in [2.45, 2.75) is 23.8 Å². The molecule has 2 aromatic rings. The Morgan fingerprint density at radius 2 is 1.96 bits per heavy atom. The van der Waals surface area contributed by atoms with Crippen LogP contribution in [0, 0.1) is 0 Å². The van der Waals surface area contributed by atoms with Crippen LogP contribution in [0.3, 0.4) is 0 Å². The molecule has 1 atom stereocenters. The van der Waals surface area contributed by atoms with Crippen molar-refractivity contribution in [1.82, 2.24) is 4.72 Å². The number of carbonyl (C=O) groups is 1. The van der Waals surface area contributed by atoms with Crippen LogP contribution in [0.5, 0.6) is 0 Å². The van der Waals surface area contributed by atoms with Gasteiger partial charge in [-0.2, -0.15) is 0 Å². The molecule has 0 bridgehead atoms. The number of hydrogen-bond acceptors (Lipinski definition) is 3. The summed E-state index contributed by atoms with van der Waals surface area (Å²) in [6, 6.07) is 10.6. The number of halogens is 1. The Balaban J connectivity index is 1.89. The Morgan fingerprint density at radius 3 is 2.65 bits per heavy atom. The van der Waals surface area contributed by atoms with Crippen LogP contribution >= 0.6 is 11.6 Å². The summed E-state index contributed by atoms with van der Waals surface area (Å²) < 4.78 is 27.7. The fourth-order valence-corrected chi connectivity index (χ4v) is 4.56. The molecule has 120 valence electrons. The van der Waals surface area contributed by atoms with E-state index in [-0.39, 0.29) is 21.5 Å². The monoisotopic (exact) mass is 351 g/mol. The predicted molar refractivity (Wildman–Crippen MR) is 86.2 cm³/mol. The Hall–Kier alpha value is -1.89. The van der Waals surface area contributed by atoms with Crippen molar-refractivity contribution in [2.75, 3.05) is 0 Å². The van der Waals surface area contributed by atoms with Gasteiger partial charge in [-0.25, -0.2) is 17.9 Å². The second-order valence-corrected chi connectivity index (χ2v) is 7.45. The largest absolute Gasteiger partial charge is 0.478 e. The molecule has 0 aliphatic heterocycles. The van der Waals surface area contributed by atoms with E-state index < -0.39 is 16.0 Å². The third kappa shape index (κ3) is 3.10. The van der Waals surface area contributed by atoms with Crippen molar-refractivity contribution in [3.8, 4) is 0 Å². The van der Waals surface area contributed by atoms with E-state index in [2.05, 4.69) is 4.72 Å². The average molecular weight is 352 g/mol. The first-order valence-electron chi connectivity index (χ1n) is 7.01. The maximum atomic E-state index is 12.5. The van der Waals surface area contributed by atoms with Gasteiger partial charge in [-0.1, -0.05) is 29.8 Å². The smallest absolute Gasteiger partial charge is 0.335 e. The molecule has 0 heterocycles. The summed E-state index contributed by atoms with van der Waals surface area (Å²) in [5.41, 5.74) is 1.88. The molecule has 3 rings (SSSR count). The van der Waals surface area contributed by atoms with Crippen LogP contribution in [0.1, 0.15) is 33.9 Å². The zero-order valence-corrected chi connectivity index (χ0v) is 13.6. The van der Waals surface area contributed by atoms with Gasteiger partial charge in [-0.05, 0) is 48.2 Å². The Bertz CT molecular complexity index is 879. The van der Waals surface area contributed by atoms with Crippen LogP contribution < -0.4 is 4.72 Å². The van der Waals surface area contributed by atoms with E-state index in [1.54, 1.807) is 24.3 Å². The Kier molecular flexibility index (Phi) is 4.14. The number of carboxylic acid groups (broad SMARTS) is 1. The third-order valence-electron chi connectivity index (χ3n) is 3.89. The van der Waals surface area contributed by atoms with Gasteiger partial charge in [-0.3, -0.25) is 0 Å². The summed E-state index contributed by atoms with van der Waals surface area (Å²) >= 11 is 5.97. The zero-order chi connectivity index (χ0) is 16.6. The molecular weight excluding hydrogens is 338 g/mol. The molecule has 0 radical (unpaired) electrons. The minimum atomic E-state index is -3.74. The van der Waals surface area contributed by atoms with Crippen molar-refractivity contribution < 1.29 is 18.3 Å². The van der Waals surface area contributed by atoms with Crippen LogP contribution in [-0.4, -0.2) is 19.5 Å². The molecule has 23 heavy (non-hydrogen) atoms. The predicted octanol–water partition coefficient (Wildman–Crippen LogP) is 3.00. The number of aromatic carboxylic acids is 1. The van der Waals surface area contributed by atoms with E-state index in [1.807, 2.05) is 0 Å². The number of nitrogens with one attached hydrogen (secondary N) is 1. The van der Waals surface area contributed by atoms with Gasteiger partial charge in [0.05, 0.1) is 10.6 Å². The molecule has 0 fully saturated rings. The maximum Gasteiger partial charge on any atom is 0.335 e. The molecule has 2 N–H and O–H groups in total. The number of rotatable bonds is 4. The van der Waals surface area contributed by atoms with Crippen LogP contribution in [0.25, 0.3) is 0 Å². The molecule has 1 unspecified atom stereocenters. The minimum Gasteiger partial charge on any atom is -0.478 e. The van der Waals surface area contributed by atoms with Gasteiger partial charge in [-0.15, -0.1) is 0 Å². The summed E-state index contributed by atoms with van der Waals surface area (Å²) in [6.45, 7) is 0. The maximum absolute atomic E-state index is 12.5. The number of benzene rings is 2. The number of hydrogen-bond donors (Lipinski definition) is 2. The Labute approximate surface area is 139 Å². The number of carboxylic acids is 1. The summed E-state index contributed by atoms with van der Waals surface area (Å²) in [4.78, 5) is 11.0. The number of aryl methyl sites for hydroxylation is 1. The highest BCUT2D eigenvalue weighted by Crippen LogP contribution is 2.33. The van der Waals surface area contributed by atoms with Gasteiger partial charge in [0.25, 0.3) is 0 Å². The van der Waals surface area contributed by atoms with E-state index in [0.29, 0.717) is 12.8 Å². The summed E-state index contributed by atoms with van der Waals surface area (Å²) in [6.07, 6.45) is 1.22. The van der Waals surface area contributed by atoms with Gasteiger partial charge in [0, 0.05) is 6.04 Å². The standard InChI is InChI=1S/C16H14ClNO4S/c17-13-3-1-2-4-15(13)23(21,22)18-14-8-6-10-9-11(16(19)20)5-7-12(10)14/h1-5,7,9,14,18H,6,8H2,(H,19,20). The van der Waals surface area contributed by atoms with Crippen molar-refractivity contribution >= 4 is 27.6 Å². The SMILES string of the molecule is O=C(O)c1ccc2c(c1)CCC2NS(=O)(=O)c1ccccc1Cl. The first-order valence-corrected chi connectivity index (χ1v) is 8.87. The van der Waals surface area contributed by atoms with Crippen molar-refractivity contribution in [3.63, 3.8) is 0 Å². The average Bonchev–Trinajstić information content (AvgIpc) is 2.89. The topological polar surface area (TPSA) is 83.5 Å². The first kappa shape index (κ1) is 16.0. The van der Waals surface area contributed by atoms with Crippen LogP contribution in [0.15, 0.2) is 47.4 Å². The normalized spacial score (nSPS) is 17.0. The number of fused-ring (bicyclic) bond motifs is 1. The van der Waals surface area contributed by atoms with Gasteiger partial charge in [0.2, 0.25) is 10.0 Å². The Morgan fingerprint density at radius 1 is 1.22 bits per heavy atom. The molecule has 2 aromatic carbocycles. The van der Waals surface area contributed by atoms with E-state index in [0.717, 1.165) is 11.1 Å². The fraction of sp³-hybridized carbons (Fsp3) is 0.188. The van der Waals surface area contributed by atoms with E-state index in [1.165, 1.54) is 18.2 Å². The van der Waals surface area contributed by atoms with E-state index >= 15 is 0 Å². The van der Waals surface area contributed by atoms with Crippen molar-refractivity contribution in [3.05, 3.63) is 64.2 Å². The second kappa shape index (κ2) is 5.96. The van der Waals surface area contributed by atoms with Crippen LogP contribution in [0.4, 0.5) is 0 Å². The van der Waals surface area contributed by atoms with Gasteiger partial charge >= 0.3 is 5.97 Å². The van der Waals surface area contributed by atoms with Gasteiger partial charge in [0.1, 0.15) is 4.90 Å². The molecule has 0 aromatic heterocycles. The lowest BCUT2D eigenvalue weighted by atomic mass is 10.1. The van der Waals surface area contributed by atoms with Gasteiger partial charge in [0.15, 0.2) is 0 Å². The fourth-order valence-electron chi connectivity index (χ4n) is 2.79. The highest BCUT2D eigenvalue weighted by atomic mass is 35.5. The molecule has 1 aliphatic rings. The van der Waals surface area contributed by atoms with Crippen molar-refractivity contribution in [1.29, 1.82) is 0 Å². The first-order chi connectivity index (χ1) is 10.9. The van der Waals surface area contributed by atoms with E-state index in [4.69, 9.17) is 16.7 Å². The lowest BCUT2D eigenvalue weighted by molar-refractivity contribution is 0.0696. The third-order valence-corrected chi connectivity index (χ3v) is 5.86. The van der Waals surface area contributed by atoms with Crippen LogP contribution in [-0.2, 0) is 16.4 Å². The summed E-state index contributed by atoms with van der Waals surface area (Å²) in [5, 5.41) is 9.19. The quantitative estimate of drug-likeness (QED) is 0.886. The number of sulfonamides is 1. The molecule has 0 spiro atoms. The second-order valence-electron chi connectivity index (χ2n) is 5.36. The van der Waals surface area contributed by atoms with E-state index in [9.17, 15) is 13.2 Å². The van der Waals surface area contributed by atoms with Crippen LogP contribution in [0.2, 0.25) is 5.02 Å². The molecule has 5 nitrogen and oxygen atoms in total.